The lowest BCUT2D eigenvalue weighted by Crippen LogP contribution is -2.47. The zero-order chi connectivity index (χ0) is 33.8. The number of halogens is 7. The molecular weight excluding hydrogens is 756 g/mol. The van der Waals surface area contributed by atoms with Gasteiger partial charge >= 0.3 is 23.9 Å². The van der Waals surface area contributed by atoms with Crippen LogP contribution in [0.5, 0.6) is 0 Å². The molecule has 19 heteroatoms. The summed E-state index contributed by atoms with van der Waals surface area (Å²) in [6.07, 6.45) is 5.74. The number of hydrogen-bond acceptors (Lipinski definition) is 11. The summed E-state index contributed by atoms with van der Waals surface area (Å²) < 4.78 is 11.6. The molecule has 6 rings (SSSR count). The lowest BCUT2D eigenvalue weighted by molar-refractivity contribution is -0.147. The van der Waals surface area contributed by atoms with Crippen molar-refractivity contribution < 1.29 is 38.5 Å². The highest BCUT2D eigenvalue weighted by atomic mass is 35.6. The molecule has 2 unspecified atom stereocenters. The molecule has 0 saturated carbocycles. The first kappa shape index (κ1) is 41.9. The number of carbonyl (C=O) groups excluding carboxylic acids is 3. The van der Waals surface area contributed by atoms with Crippen molar-refractivity contribution in [2.75, 3.05) is 33.3 Å². The second-order valence-electron chi connectivity index (χ2n) is 11.9. The van der Waals surface area contributed by atoms with Crippen LogP contribution in [-0.2, 0) is 33.4 Å². The van der Waals surface area contributed by atoms with Gasteiger partial charge < -0.3 is 30.0 Å². The number of ether oxygens (including phenoxy) is 3. The van der Waals surface area contributed by atoms with E-state index in [4.69, 9.17) is 84.2 Å². The number of rotatable bonds is 2. The highest BCUT2D eigenvalue weighted by Gasteiger charge is 2.60. The predicted octanol–water partition coefficient (Wildman–Crippen LogP) is 4.34. The Labute approximate surface area is 305 Å². The summed E-state index contributed by atoms with van der Waals surface area (Å²) in [4.78, 5) is 47.7. The van der Waals surface area contributed by atoms with E-state index in [0.717, 1.165) is 77.5 Å². The molecule has 0 aromatic carbocycles. The van der Waals surface area contributed by atoms with E-state index in [0.29, 0.717) is 0 Å². The van der Waals surface area contributed by atoms with Crippen molar-refractivity contribution in [3.05, 3.63) is 0 Å². The molecule has 6 fully saturated rings. The van der Waals surface area contributed by atoms with Crippen LogP contribution in [0.4, 0.5) is 0 Å². The minimum Gasteiger partial charge on any atom is -0.480 e. The normalized spacial score (nSPS) is 33.5. The second-order valence-corrected chi connectivity index (χ2v) is 16.7. The number of methoxy groups -OCH3 is 1. The van der Waals surface area contributed by atoms with Gasteiger partial charge in [0.25, 0.3) is 0 Å². The maximum atomic E-state index is 11.6. The summed E-state index contributed by atoms with van der Waals surface area (Å²) >= 11 is 34.3. The average Bonchev–Trinajstić information content (AvgIpc) is 3.78. The van der Waals surface area contributed by atoms with E-state index < -0.39 is 37.1 Å². The molecule has 46 heavy (non-hydrogen) atoms. The number of cyclic esters (lactones) is 2. The average molecular weight is 798 g/mol. The van der Waals surface area contributed by atoms with Gasteiger partial charge in [0, 0.05) is 13.1 Å². The minimum absolute atomic E-state index is 0. The lowest BCUT2D eigenvalue weighted by Gasteiger charge is -2.29. The number of nitrogens with one attached hydrogen (secondary N) is 2. The quantitative estimate of drug-likeness (QED) is 0.208. The van der Waals surface area contributed by atoms with Gasteiger partial charge in [0.2, 0.25) is 20.0 Å². The standard InChI is InChI=1S/C8H10Cl3NO2.C7H8Cl3NO2.C7H13NO2.C5H9NO2.ClH/c1-7-3-2-4-12(7)5(8(9,10)11)14-6(7)13;8-7(9,10)6-11-3-1-2-4(11)5(12)13-6;1-7(6(9)10-2)4-3-5-8-7;7-5(8)4-2-1-3-6-4;/h5H,2-4H2,1H3;4,6H,1-3H2;8H,3-5H2,1-2H3;4,6H,1-3H2,(H,7,8);1H/t5?,7-;4-,6?;7-;4-;/m1111./s1. The highest BCUT2D eigenvalue weighted by Crippen LogP contribution is 2.46. The van der Waals surface area contributed by atoms with Crippen molar-refractivity contribution in [3.63, 3.8) is 0 Å². The van der Waals surface area contributed by atoms with Crippen LogP contribution in [0.1, 0.15) is 65.2 Å². The van der Waals surface area contributed by atoms with E-state index in [9.17, 15) is 19.2 Å². The van der Waals surface area contributed by atoms with Crippen LogP contribution in [0.3, 0.4) is 0 Å². The fourth-order valence-electron chi connectivity index (χ4n) is 6.14. The predicted molar refractivity (Wildman–Crippen MR) is 178 cm³/mol. The van der Waals surface area contributed by atoms with E-state index in [-0.39, 0.29) is 42.4 Å². The molecule has 0 aromatic heterocycles. The summed E-state index contributed by atoms with van der Waals surface area (Å²) in [5, 5.41) is 14.3. The first-order valence-electron chi connectivity index (χ1n) is 14.7. The number of fused-ring (bicyclic) bond motifs is 2. The molecule has 0 radical (unpaired) electrons. The van der Waals surface area contributed by atoms with Gasteiger partial charge in [-0.25, -0.2) is 9.69 Å². The molecule has 6 aliphatic rings. The number of aliphatic carboxylic acids is 1. The van der Waals surface area contributed by atoms with Gasteiger partial charge in [-0.3, -0.25) is 19.3 Å². The zero-order valence-corrected chi connectivity index (χ0v) is 31.0. The van der Waals surface area contributed by atoms with Crippen molar-refractivity contribution >= 4 is 106 Å². The van der Waals surface area contributed by atoms with Crippen LogP contribution in [-0.4, -0.2) is 115 Å². The van der Waals surface area contributed by atoms with E-state index >= 15 is 0 Å². The SMILES string of the molecule is COC(=O)[C@@]1(C)CCCN1.C[C@]12CCCN1C(C(Cl)(Cl)Cl)OC2=O.Cl.O=C(O)[C@H]1CCCN1.O=C1OC(C(Cl)(Cl)Cl)N2CCC[C@H]12. The van der Waals surface area contributed by atoms with Crippen LogP contribution >= 0.6 is 82.0 Å². The van der Waals surface area contributed by atoms with Crippen LogP contribution in [0.25, 0.3) is 0 Å². The molecule has 3 N–H and O–H groups in total. The molecule has 6 atom stereocenters. The smallest absolute Gasteiger partial charge is 0.328 e. The topological polar surface area (TPSA) is 147 Å². The molecular formula is C27H41Cl7N4O8. The van der Waals surface area contributed by atoms with E-state index in [2.05, 4.69) is 15.4 Å². The Morgan fingerprint density at radius 1 is 0.913 bits per heavy atom. The Hall–Kier alpha value is -0.250. The molecule has 0 spiro atoms. The summed E-state index contributed by atoms with van der Waals surface area (Å²) in [5.41, 5.74) is -0.997. The number of carboxylic acid groups (broad SMARTS) is 1. The maximum Gasteiger partial charge on any atom is 0.328 e. The third kappa shape index (κ3) is 10.2. The number of nitrogens with zero attached hydrogens (tertiary/aromatic N) is 2. The van der Waals surface area contributed by atoms with Crippen molar-refractivity contribution in [1.29, 1.82) is 0 Å². The first-order chi connectivity index (χ1) is 20.8. The monoisotopic (exact) mass is 794 g/mol. The third-order valence-corrected chi connectivity index (χ3v) is 9.78. The summed E-state index contributed by atoms with van der Waals surface area (Å²) in [7, 11) is 1.42. The van der Waals surface area contributed by atoms with Gasteiger partial charge in [-0.05, 0) is 78.3 Å². The lowest BCUT2D eigenvalue weighted by atomic mass is 10.0. The number of esters is 3. The van der Waals surface area contributed by atoms with Crippen molar-refractivity contribution in [3.8, 4) is 0 Å². The van der Waals surface area contributed by atoms with Crippen LogP contribution in [0.15, 0.2) is 0 Å². The fraction of sp³-hybridized carbons (Fsp3) is 0.852. The molecule has 0 aliphatic carbocycles. The van der Waals surface area contributed by atoms with Crippen LogP contribution in [0, 0.1) is 0 Å². The molecule has 0 bridgehead atoms. The van der Waals surface area contributed by atoms with Gasteiger partial charge in [-0.15, -0.1) is 12.4 Å². The van der Waals surface area contributed by atoms with Gasteiger partial charge in [0.15, 0.2) is 0 Å². The summed E-state index contributed by atoms with van der Waals surface area (Å²) in [6.45, 7) is 6.99. The Kier molecular flexibility index (Phi) is 15.6. The number of alkyl halides is 6. The number of carbonyl (C=O) groups is 4. The maximum absolute atomic E-state index is 11.6. The summed E-state index contributed by atoms with van der Waals surface area (Å²) in [5.74, 6) is -1.42. The van der Waals surface area contributed by atoms with Crippen molar-refractivity contribution in [2.24, 2.45) is 0 Å². The molecule has 0 amide bonds. The third-order valence-electron chi connectivity index (χ3n) is 8.66. The number of hydrogen-bond donors (Lipinski definition) is 3. The molecule has 266 valence electrons. The minimum atomic E-state index is -1.57. The Morgan fingerprint density at radius 3 is 2.04 bits per heavy atom. The van der Waals surface area contributed by atoms with Gasteiger partial charge in [-0.1, -0.05) is 69.6 Å². The molecule has 6 aliphatic heterocycles. The van der Waals surface area contributed by atoms with Crippen molar-refractivity contribution in [2.45, 2.75) is 108 Å². The van der Waals surface area contributed by atoms with Gasteiger partial charge in [-0.2, -0.15) is 0 Å². The second kappa shape index (κ2) is 17.1. The zero-order valence-electron chi connectivity index (χ0n) is 25.7. The Balaban J connectivity index is 0.000000216. The van der Waals surface area contributed by atoms with Crippen molar-refractivity contribution in [1.82, 2.24) is 20.4 Å². The molecule has 12 nitrogen and oxygen atoms in total. The van der Waals surface area contributed by atoms with E-state index in [1.54, 1.807) is 0 Å². The van der Waals surface area contributed by atoms with Gasteiger partial charge in [0.1, 0.15) is 23.2 Å². The van der Waals surface area contributed by atoms with Gasteiger partial charge in [0.05, 0.1) is 7.11 Å². The highest BCUT2D eigenvalue weighted by molar-refractivity contribution is 6.68. The van der Waals surface area contributed by atoms with Crippen LogP contribution < -0.4 is 10.6 Å². The Bertz CT molecular complexity index is 1080. The molecule has 6 saturated heterocycles. The Morgan fingerprint density at radius 2 is 1.57 bits per heavy atom. The first-order valence-corrected chi connectivity index (χ1v) is 17.0. The fourth-order valence-corrected chi connectivity index (χ4v) is 7.13. The molecule has 6 heterocycles. The van der Waals surface area contributed by atoms with Crippen LogP contribution in [0.2, 0.25) is 0 Å². The number of carboxylic acids is 1. The molecule has 0 aromatic rings. The van der Waals surface area contributed by atoms with E-state index in [1.807, 2.05) is 23.6 Å². The largest absolute Gasteiger partial charge is 0.480 e. The summed E-state index contributed by atoms with van der Waals surface area (Å²) in [6, 6.07) is -0.462. The van der Waals surface area contributed by atoms with E-state index in [1.165, 1.54) is 7.11 Å².